The molecule has 0 aliphatic carbocycles. The van der Waals surface area contributed by atoms with Gasteiger partial charge in [0.2, 0.25) is 0 Å². The summed E-state index contributed by atoms with van der Waals surface area (Å²) in [5.41, 5.74) is 4.74. The maximum Gasteiger partial charge on any atom is 0.271 e. The third-order valence-electron chi connectivity index (χ3n) is 4.37. The topological polar surface area (TPSA) is 69.2 Å². The minimum Gasteiger partial charge on any atom is -0.496 e. The lowest BCUT2D eigenvalue weighted by molar-refractivity contribution is 0.0954. The molecule has 0 aromatic heterocycles. The fraction of sp³-hybridized carbons (Fsp3) is 0.167. The van der Waals surface area contributed by atoms with Gasteiger partial charge in [-0.25, -0.2) is 5.43 Å². The number of methoxy groups -OCH3 is 1. The highest BCUT2D eigenvalue weighted by Crippen LogP contribution is 2.29. The van der Waals surface area contributed by atoms with Crippen molar-refractivity contribution in [3.05, 3.63) is 85.9 Å². The van der Waals surface area contributed by atoms with Crippen molar-refractivity contribution in [3.63, 3.8) is 0 Å². The standard InChI is InChI=1S/C24H22ClIN2O4/c1-3-31-23-12-17(6-11-21(23)32-15-16-4-8-19(25)9-5-16)14-27-28-24(29)18-7-10-20(26)22(13-18)30-2/h4-14H,3,15H2,1-2H3,(H,28,29)/b27-14-. The lowest BCUT2D eigenvalue weighted by atomic mass is 10.2. The zero-order valence-corrected chi connectivity index (χ0v) is 20.5. The number of nitrogens with one attached hydrogen (secondary N) is 1. The highest BCUT2D eigenvalue weighted by molar-refractivity contribution is 14.1. The van der Waals surface area contributed by atoms with Crippen LogP contribution >= 0.6 is 34.2 Å². The second-order valence-electron chi connectivity index (χ2n) is 6.60. The Morgan fingerprint density at radius 2 is 1.81 bits per heavy atom. The van der Waals surface area contributed by atoms with Gasteiger partial charge in [-0.2, -0.15) is 5.10 Å². The fourth-order valence-electron chi connectivity index (χ4n) is 2.77. The van der Waals surface area contributed by atoms with Crippen molar-refractivity contribution >= 4 is 46.3 Å². The summed E-state index contributed by atoms with van der Waals surface area (Å²) >= 11 is 8.07. The normalized spacial score (nSPS) is 10.8. The van der Waals surface area contributed by atoms with E-state index in [0.29, 0.717) is 41.0 Å². The van der Waals surface area contributed by atoms with Crippen LogP contribution in [-0.4, -0.2) is 25.8 Å². The Labute approximate surface area is 205 Å². The maximum atomic E-state index is 12.3. The predicted molar refractivity (Wildman–Crippen MR) is 134 cm³/mol. The number of carbonyl (C=O) groups is 1. The van der Waals surface area contributed by atoms with Gasteiger partial charge in [0.15, 0.2) is 11.5 Å². The molecule has 1 amide bonds. The molecule has 3 rings (SSSR count). The molecule has 3 aromatic rings. The predicted octanol–water partition coefficient (Wildman–Crippen LogP) is 5.69. The number of hydrazone groups is 1. The van der Waals surface area contributed by atoms with Crippen LogP contribution in [0, 0.1) is 3.57 Å². The molecule has 0 heterocycles. The van der Waals surface area contributed by atoms with Crippen molar-refractivity contribution in [2.75, 3.05) is 13.7 Å². The van der Waals surface area contributed by atoms with E-state index in [-0.39, 0.29) is 5.91 Å². The molecular weight excluding hydrogens is 543 g/mol. The summed E-state index contributed by atoms with van der Waals surface area (Å²) in [5, 5.41) is 4.73. The highest BCUT2D eigenvalue weighted by Gasteiger charge is 2.09. The minimum atomic E-state index is -0.330. The van der Waals surface area contributed by atoms with E-state index >= 15 is 0 Å². The molecule has 3 aromatic carbocycles. The second-order valence-corrected chi connectivity index (χ2v) is 8.20. The second kappa shape index (κ2) is 11.7. The summed E-state index contributed by atoms with van der Waals surface area (Å²) < 4.78 is 17.8. The van der Waals surface area contributed by atoms with Crippen molar-refractivity contribution < 1.29 is 19.0 Å². The molecule has 0 bridgehead atoms. The van der Waals surface area contributed by atoms with Crippen LogP contribution in [0.1, 0.15) is 28.4 Å². The average molecular weight is 565 g/mol. The molecule has 0 atom stereocenters. The molecule has 166 valence electrons. The summed E-state index contributed by atoms with van der Waals surface area (Å²) in [5.74, 6) is 1.52. The Morgan fingerprint density at radius 1 is 1.03 bits per heavy atom. The number of carbonyl (C=O) groups excluding carboxylic acids is 1. The number of nitrogens with zero attached hydrogens (tertiary/aromatic N) is 1. The molecule has 0 saturated carbocycles. The van der Waals surface area contributed by atoms with Crippen molar-refractivity contribution in [1.82, 2.24) is 5.43 Å². The monoisotopic (exact) mass is 564 g/mol. The molecule has 8 heteroatoms. The number of ether oxygens (including phenoxy) is 3. The number of hydrogen-bond acceptors (Lipinski definition) is 5. The first kappa shape index (κ1) is 23.9. The molecule has 0 fully saturated rings. The van der Waals surface area contributed by atoms with E-state index in [2.05, 4.69) is 33.1 Å². The molecule has 32 heavy (non-hydrogen) atoms. The molecule has 0 saturated heterocycles. The molecule has 0 aliphatic heterocycles. The molecular formula is C24H22ClIN2O4. The number of benzene rings is 3. The quantitative estimate of drug-likeness (QED) is 0.206. The van der Waals surface area contributed by atoms with Gasteiger partial charge in [-0.05, 0) is 89.2 Å². The third-order valence-corrected chi connectivity index (χ3v) is 5.51. The lowest BCUT2D eigenvalue weighted by Gasteiger charge is -2.12. The van der Waals surface area contributed by atoms with Crippen LogP contribution in [0.4, 0.5) is 0 Å². The Bertz CT molecular complexity index is 1100. The molecule has 0 radical (unpaired) electrons. The summed E-state index contributed by atoms with van der Waals surface area (Å²) in [6.45, 7) is 2.78. The molecule has 1 N–H and O–H groups in total. The van der Waals surface area contributed by atoms with E-state index in [0.717, 1.165) is 14.7 Å². The highest BCUT2D eigenvalue weighted by atomic mass is 127. The van der Waals surface area contributed by atoms with Crippen molar-refractivity contribution in [2.45, 2.75) is 13.5 Å². The van der Waals surface area contributed by atoms with E-state index in [9.17, 15) is 4.79 Å². The number of halogens is 2. The van der Waals surface area contributed by atoms with Crippen molar-refractivity contribution in [2.24, 2.45) is 5.10 Å². The van der Waals surface area contributed by atoms with E-state index < -0.39 is 0 Å². The van der Waals surface area contributed by atoms with E-state index in [1.807, 2.05) is 55.5 Å². The Balaban J connectivity index is 1.65. The van der Waals surface area contributed by atoms with Gasteiger partial charge >= 0.3 is 0 Å². The van der Waals surface area contributed by atoms with Crippen molar-refractivity contribution in [1.29, 1.82) is 0 Å². The molecule has 0 aliphatic rings. The lowest BCUT2D eigenvalue weighted by Crippen LogP contribution is -2.17. The largest absolute Gasteiger partial charge is 0.496 e. The van der Waals surface area contributed by atoms with Gasteiger partial charge in [-0.15, -0.1) is 0 Å². The summed E-state index contributed by atoms with van der Waals surface area (Å²) in [7, 11) is 1.57. The van der Waals surface area contributed by atoms with Gasteiger partial charge in [-0.3, -0.25) is 4.79 Å². The summed E-state index contributed by atoms with van der Waals surface area (Å²) in [6.07, 6.45) is 1.55. The zero-order valence-electron chi connectivity index (χ0n) is 17.6. The minimum absolute atomic E-state index is 0.330. The third kappa shape index (κ3) is 6.61. The Kier molecular flexibility index (Phi) is 8.75. The summed E-state index contributed by atoms with van der Waals surface area (Å²) in [6, 6.07) is 18.1. The van der Waals surface area contributed by atoms with Crippen LogP contribution in [0.3, 0.4) is 0 Å². The van der Waals surface area contributed by atoms with E-state index in [1.165, 1.54) is 0 Å². The van der Waals surface area contributed by atoms with Gasteiger partial charge in [-0.1, -0.05) is 23.7 Å². The first-order valence-corrected chi connectivity index (χ1v) is 11.3. The van der Waals surface area contributed by atoms with Crippen LogP contribution in [0.15, 0.2) is 65.8 Å². The average Bonchev–Trinajstić information content (AvgIpc) is 2.80. The van der Waals surface area contributed by atoms with Crippen molar-refractivity contribution in [3.8, 4) is 17.2 Å². The Morgan fingerprint density at radius 3 is 2.53 bits per heavy atom. The van der Waals surface area contributed by atoms with Crippen LogP contribution in [0.25, 0.3) is 0 Å². The molecule has 6 nitrogen and oxygen atoms in total. The molecule has 0 spiro atoms. The van der Waals surface area contributed by atoms with Gasteiger partial charge in [0, 0.05) is 10.6 Å². The maximum absolute atomic E-state index is 12.3. The number of hydrogen-bond donors (Lipinski definition) is 1. The van der Waals surface area contributed by atoms with Crippen LogP contribution in [-0.2, 0) is 6.61 Å². The van der Waals surface area contributed by atoms with Gasteiger partial charge in [0.05, 0.1) is 23.5 Å². The summed E-state index contributed by atoms with van der Waals surface area (Å²) in [4.78, 5) is 12.3. The smallest absolute Gasteiger partial charge is 0.271 e. The SMILES string of the molecule is CCOc1cc(/C=N\NC(=O)c2ccc(I)c(OC)c2)ccc1OCc1ccc(Cl)cc1. The Hall–Kier alpha value is -2.78. The van der Waals surface area contributed by atoms with E-state index in [4.69, 9.17) is 25.8 Å². The van der Waals surface area contributed by atoms with Gasteiger partial charge in [0.25, 0.3) is 5.91 Å². The van der Waals surface area contributed by atoms with Gasteiger partial charge < -0.3 is 14.2 Å². The number of amides is 1. The first-order chi connectivity index (χ1) is 15.5. The fourth-order valence-corrected chi connectivity index (χ4v) is 3.45. The molecule has 0 unspecified atom stereocenters. The number of rotatable bonds is 9. The van der Waals surface area contributed by atoms with Crippen LogP contribution < -0.4 is 19.6 Å². The first-order valence-electron chi connectivity index (χ1n) is 9.81. The van der Waals surface area contributed by atoms with Crippen LogP contribution in [0.2, 0.25) is 5.02 Å². The van der Waals surface area contributed by atoms with Gasteiger partial charge in [0.1, 0.15) is 12.4 Å². The zero-order chi connectivity index (χ0) is 22.9. The van der Waals surface area contributed by atoms with Crippen LogP contribution in [0.5, 0.6) is 17.2 Å². The van der Waals surface area contributed by atoms with E-state index in [1.54, 1.807) is 25.5 Å².